The fourth-order valence-corrected chi connectivity index (χ4v) is 13.0. The molecule has 2 aromatic rings. The number of carboxylic acids is 1. The number of aliphatic hydroxyl groups excluding tert-OH is 2. The number of aliphatic hydroxyl groups is 2. The molecular weight excluding hydrogens is 1730 g/mol. The summed E-state index contributed by atoms with van der Waals surface area (Å²) in [7, 11) is 0. The summed E-state index contributed by atoms with van der Waals surface area (Å²) in [6, 6.07) is 9.58. The van der Waals surface area contributed by atoms with E-state index >= 15 is 0 Å². The van der Waals surface area contributed by atoms with Crippen molar-refractivity contribution in [2.45, 2.75) is 102 Å². The topological polar surface area (TPSA) is 454 Å². The zero-order valence-corrected chi connectivity index (χ0v) is 76.7. The monoisotopic (exact) mass is 1880 g/mol. The molecule has 0 unspecified atom stereocenters. The normalized spacial score (nSPS) is 16.4. The highest BCUT2D eigenvalue weighted by Crippen LogP contribution is 2.41. The average molecular weight is 1880 g/mol. The molecule has 0 spiro atoms. The van der Waals surface area contributed by atoms with Gasteiger partial charge in [-0.15, -0.1) is 0 Å². The van der Waals surface area contributed by atoms with E-state index in [2.05, 4.69) is 26.6 Å². The lowest BCUT2D eigenvalue weighted by molar-refractivity contribution is -0.161. The minimum atomic E-state index is -1.19. The standard InChI is InChI=1S/C87H147Cl2N5O34/c1-70-77(69-95)128-71(2)82(83(70)99)94-80(98)13-12-78(96)91-19-21-105-23-25-107-27-29-109-31-33-111-35-37-113-39-41-115-43-45-117-47-49-119-51-53-121-55-57-123-59-61-125-63-65-127-67-66-126-64-62-124-60-58-122-56-54-120-52-50-118-48-46-116-44-42-114-40-38-112-36-34-110-32-30-108-28-26-106-24-22-104-20-14-79(97)90-18-17-87(15-3-4-16-87)86(103)93-76(85(101)102)68-72-8-10-73(11-9-72)92-84(100)81-74(88)6-5-7-75(81)89/h5-11,70-71,76-77,82-83,95,99H,3-4,12-69H2,1-2H3,(H,90,97)(H,91,96)(H,92,100)(H,93,103)(H,94,98)(H,101,102)/t70-,71+,76+,77-,82+,83+/m1/s1. The Balaban J connectivity index is 0.725. The van der Waals surface area contributed by atoms with Crippen molar-refractivity contribution in [1.29, 1.82) is 0 Å². The third-order valence-electron chi connectivity index (χ3n) is 19.5. The van der Waals surface area contributed by atoms with Crippen molar-refractivity contribution in [1.82, 2.24) is 21.3 Å². The zero-order valence-electron chi connectivity index (χ0n) is 75.2. The Morgan fingerprint density at radius 3 is 1.02 bits per heavy atom. The summed E-state index contributed by atoms with van der Waals surface area (Å²) in [6.45, 7) is 24.4. The van der Waals surface area contributed by atoms with Gasteiger partial charge in [0.05, 0.1) is 369 Å². The molecule has 0 bridgehead atoms. The Bertz CT molecular complexity index is 3040. The van der Waals surface area contributed by atoms with Crippen LogP contribution in [0.3, 0.4) is 0 Å². The average Bonchev–Trinajstić information content (AvgIpc) is 1.76. The van der Waals surface area contributed by atoms with Crippen molar-refractivity contribution in [3.63, 3.8) is 0 Å². The fraction of sp³-hybridized carbons (Fsp3) is 0.793. The van der Waals surface area contributed by atoms with Gasteiger partial charge < -0.3 is 160 Å². The first kappa shape index (κ1) is 115. The minimum absolute atomic E-state index is 0.00217. The number of nitrogens with one attached hydrogen (secondary N) is 5. The number of benzene rings is 2. The van der Waals surface area contributed by atoms with Gasteiger partial charge in [0.25, 0.3) is 5.91 Å². The number of carbonyl (C=O) groups excluding carboxylic acids is 5. The van der Waals surface area contributed by atoms with Gasteiger partial charge in [0, 0.05) is 50.4 Å². The molecule has 5 amide bonds. The molecular formula is C87H147Cl2N5O34. The molecule has 2 aliphatic rings. The van der Waals surface area contributed by atoms with Gasteiger partial charge in [-0.25, -0.2) is 4.79 Å². The third kappa shape index (κ3) is 60.1. The number of hydrogen-bond donors (Lipinski definition) is 8. The molecule has 1 aliphatic carbocycles. The van der Waals surface area contributed by atoms with Crippen LogP contribution in [-0.4, -0.2) is 418 Å². The van der Waals surface area contributed by atoms with Crippen molar-refractivity contribution >= 4 is 64.4 Å². The Kier molecular flexibility index (Phi) is 72.1. The molecule has 6 atom stereocenters. The molecule has 1 saturated carbocycles. The van der Waals surface area contributed by atoms with Crippen LogP contribution in [0, 0.1) is 11.3 Å². The zero-order chi connectivity index (χ0) is 91.9. The number of anilines is 1. The first-order valence-electron chi connectivity index (χ1n) is 44.6. The molecule has 738 valence electrons. The third-order valence-corrected chi connectivity index (χ3v) is 20.1. The van der Waals surface area contributed by atoms with Crippen molar-refractivity contribution in [3.05, 3.63) is 63.6 Å². The number of aliphatic carboxylic acids is 1. The maximum Gasteiger partial charge on any atom is 0.326 e. The number of hydrogen-bond acceptors (Lipinski definition) is 33. The number of carbonyl (C=O) groups is 6. The molecule has 128 heavy (non-hydrogen) atoms. The van der Waals surface area contributed by atoms with E-state index in [0.717, 1.165) is 12.8 Å². The van der Waals surface area contributed by atoms with Crippen LogP contribution in [0.15, 0.2) is 42.5 Å². The van der Waals surface area contributed by atoms with Crippen LogP contribution < -0.4 is 26.6 Å². The Hall–Kier alpha value is -5.24. The molecule has 2 fully saturated rings. The number of halogens is 2. The summed E-state index contributed by atoms with van der Waals surface area (Å²) in [5.41, 5.74) is 0.444. The van der Waals surface area contributed by atoms with Crippen LogP contribution >= 0.6 is 23.2 Å². The Morgan fingerprint density at radius 2 is 0.703 bits per heavy atom. The molecule has 4 rings (SSSR count). The van der Waals surface area contributed by atoms with Gasteiger partial charge >= 0.3 is 5.97 Å². The van der Waals surface area contributed by atoms with Gasteiger partial charge in [-0.1, -0.05) is 61.2 Å². The smallest absolute Gasteiger partial charge is 0.326 e. The molecule has 2 aromatic carbocycles. The number of amides is 5. The van der Waals surface area contributed by atoms with E-state index in [1.165, 1.54) is 0 Å². The lowest BCUT2D eigenvalue weighted by Crippen LogP contribution is -2.60. The first-order chi connectivity index (χ1) is 62.6. The quantitative estimate of drug-likeness (QED) is 0.0440. The summed E-state index contributed by atoms with van der Waals surface area (Å²) in [4.78, 5) is 75.9. The summed E-state index contributed by atoms with van der Waals surface area (Å²) >= 11 is 12.3. The van der Waals surface area contributed by atoms with Crippen LogP contribution in [0.2, 0.25) is 10.0 Å². The Morgan fingerprint density at radius 1 is 0.406 bits per heavy atom. The van der Waals surface area contributed by atoms with Crippen LogP contribution in [0.25, 0.3) is 0 Å². The van der Waals surface area contributed by atoms with Gasteiger partial charge in [-0.3, -0.25) is 24.0 Å². The van der Waals surface area contributed by atoms with Gasteiger partial charge in [0.15, 0.2) is 0 Å². The lowest BCUT2D eigenvalue weighted by Gasteiger charge is -2.42. The van der Waals surface area contributed by atoms with Crippen molar-refractivity contribution in [3.8, 4) is 0 Å². The van der Waals surface area contributed by atoms with Crippen molar-refractivity contribution in [2.75, 3.05) is 342 Å². The van der Waals surface area contributed by atoms with Crippen LogP contribution in [0.1, 0.15) is 81.1 Å². The largest absolute Gasteiger partial charge is 0.480 e. The molecule has 39 nitrogen and oxygen atoms in total. The predicted octanol–water partition coefficient (Wildman–Crippen LogP) is 3.37. The fourth-order valence-electron chi connectivity index (χ4n) is 12.4. The van der Waals surface area contributed by atoms with E-state index in [4.69, 9.17) is 142 Å². The summed E-state index contributed by atoms with van der Waals surface area (Å²) in [5, 5.41) is 44.3. The maximum atomic E-state index is 13.7. The lowest BCUT2D eigenvalue weighted by atomic mass is 9.81. The van der Waals surface area contributed by atoms with E-state index < -0.39 is 47.7 Å². The molecule has 8 N–H and O–H groups in total. The molecule has 41 heteroatoms. The SMILES string of the molecule is C[C@H]1[C@H](O)[C@@H](NC(=O)CCC(=O)NCCOCCOCCOCCOCCOCCOCCOCCOCCOCCOCCOCCOCCOCCOCCOCCOCCOCCOCCOCCOCCOCCOCCOCCOCCC(=O)NCCC2(C(=O)N[C@@H](Cc3ccc(NC(=O)c4c(Cl)cccc4Cl)cc3)C(=O)O)CCCC2)[C@H](C)O[C@@H]1CO. The Labute approximate surface area is 763 Å². The van der Waals surface area contributed by atoms with E-state index in [-0.39, 0.29) is 90.6 Å². The number of carboxylic acid groups (broad SMARTS) is 1. The second kappa shape index (κ2) is 80.2. The van der Waals surface area contributed by atoms with E-state index in [9.17, 15) is 44.1 Å². The molecule has 0 radical (unpaired) electrons. The highest BCUT2D eigenvalue weighted by molar-refractivity contribution is 6.40. The summed E-state index contributed by atoms with van der Waals surface area (Å²) in [6.07, 6.45) is 1.48. The van der Waals surface area contributed by atoms with Gasteiger partial charge in [-0.05, 0) is 56.0 Å². The van der Waals surface area contributed by atoms with Crippen molar-refractivity contribution in [2.24, 2.45) is 11.3 Å². The molecule has 1 saturated heterocycles. The van der Waals surface area contributed by atoms with Crippen molar-refractivity contribution < 1.29 is 163 Å². The van der Waals surface area contributed by atoms with Crippen LogP contribution in [0.4, 0.5) is 5.69 Å². The highest BCUT2D eigenvalue weighted by Gasteiger charge is 2.43. The van der Waals surface area contributed by atoms with E-state index in [0.29, 0.717) is 348 Å². The minimum Gasteiger partial charge on any atom is -0.480 e. The predicted molar refractivity (Wildman–Crippen MR) is 468 cm³/mol. The van der Waals surface area contributed by atoms with Gasteiger partial charge in [0.2, 0.25) is 23.6 Å². The molecule has 1 heterocycles. The molecule has 1 aliphatic heterocycles. The summed E-state index contributed by atoms with van der Waals surface area (Å²) in [5.74, 6) is -3.21. The van der Waals surface area contributed by atoms with Gasteiger partial charge in [-0.2, -0.15) is 0 Å². The van der Waals surface area contributed by atoms with E-state index in [1.54, 1.807) is 56.3 Å². The molecule has 0 aromatic heterocycles. The van der Waals surface area contributed by atoms with Crippen LogP contribution in [-0.2, 0) is 149 Å². The number of rotatable bonds is 90. The second-order valence-corrected chi connectivity index (χ2v) is 30.0. The maximum absolute atomic E-state index is 13.7. The second-order valence-electron chi connectivity index (χ2n) is 29.2. The van der Waals surface area contributed by atoms with Crippen LogP contribution in [0.5, 0.6) is 0 Å². The number of ether oxygens (including phenoxy) is 25. The van der Waals surface area contributed by atoms with Gasteiger partial charge in [0.1, 0.15) is 6.04 Å². The summed E-state index contributed by atoms with van der Waals surface area (Å²) < 4.78 is 139. The first-order valence-corrected chi connectivity index (χ1v) is 45.4. The van der Waals surface area contributed by atoms with E-state index in [1.807, 2.05) is 0 Å². The highest BCUT2D eigenvalue weighted by atomic mass is 35.5.